The molecule has 2 unspecified atom stereocenters. The molecule has 2 rings (SSSR count). The van der Waals surface area contributed by atoms with Crippen molar-refractivity contribution in [3.63, 3.8) is 0 Å². The van der Waals surface area contributed by atoms with Crippen LogP contribution in [0.3, 0.4) is 0 Å². The Morgan fingerprint density at radius 2 is 2.06 bits per heavy atom. The van der Waals surface area contributed by atoms with Crippen LogP contribution < -0.4 is 0 Å². The first kappa shape index (κ1) is 12.4. The van der Waals surface area contributed by atoms with E-state index in [0.717, 1.165) is 5.56 Å². The minimum absolute atomic E-state index is 0.231. The van der Waals surface area contributed by atoms with Crippen molar-refractivity contribution in [2.45, 2.75) is 32.0 Å². The molecule has 0 spiro atoms. The summed E-state index contributed by atoms with van der Waals surface area (Å²) in [4.78, 5) is 0.231. The summed E-state index contributed by atoms with van der Waals surface area (Å²) in [5.41, 5.74) is 2.04. The number of alkyl halides is 1. The fraction of sp³-hybridized carbons (Fsp3) is 0.538. The molecule has 0 saturated heterocycles. The Kier molecular flexibility index (Phi) is 3.09. The highest BCUT2D eigenvalue weighted by Gasteiger charge is 2.50. The minimum atomic E-state index is -0.233. The molecule has 0 N–H and O–H groups in total. The smallest absolute Gasteiger partial charge is 0.127 e. The molecule has 88 valence electrons. The van der Waals surface area contributed by atoms with Crippen molar-refractivity contribution in [1.29, 1.82) is 0 Å². The second kappa shape index (κ2) is 3.99. The topological polar surface area (TPSA) is 0 Å². The Balaban J connectivity index is 2.31. The van der Waals surface area contributed by atoms with Gasteiger partial charge in [-0.25, -0.2) is 4.39 Å². The van der Waals surface area contributed by atoms with Crippen LogP contribution in [0.2, 0.25) is 5.02 Å². The van der Waals surface area contributed by atoms with E-state index in [-0.39, 0.29) is 10.6 Å². The molecule has 1 aliphatic carbocycles. The fourth-order valence-corrected chi connectivity index (χ4v) is 3.80. The van der Waals surface area contributed by atoms with Crippen LogP contribution in [0, 0.1) is 24.1 Å². The van der Waals surface area contributed by atoms with Crippen LogP contribution in [0.4, 0.5) is 4.39 Å². The summed E-state index contributed by atoms with van der Waals surface area (Å²) in [5, 5.41) is 0.521. The molecule has 1 fully saturated rings. The summed E-state index contributed by atoms with van der Waals surface area (Å²) >= 11 is 9.78. The van der Waals surface area contributed by atoms with Crippen molar-refractivity contribution in [3.8, 4) is 0 Å². The monoisotopic (exact) mass is 304 g/mol. The van der Waals surface area contributed by atoms with E-state index in [2.05, 4.69) is 29.8 Å². The van der Waals surface area contributed by atoms with Gasteiger partial charge in [-0.15, -0.1) is 0 Å². The van der Waals surface area contributed by atoms with E-state index in [1.54, 1.807) is 6.92 Å². The Morgan fingerprint density at radius 1 is 1.50 bits per heavy atom. The van der Waals surface area contributed by atoms with Gasteiger partial charge in [0.15, 0.2) is 0 Å². The summed E-state index contributed by atoms with van der Waals surface area (Å²) in [7, 11) is 0. The van der Waals surface area contributed by atoms with Gasteiger partial charge in [-0.3, -0.25) is 0 Å². The number of benzene rings is 1. The van der Waals surface area contributed by atoms with Crippen LogP contribution in [-0.2, 0) is 0 Å². The van der Waals surface area contributed by atoms with Crippen LogP contribution in [0.1, 0.15) is 36.2 Å². The molecule has 16 heavy (non-hydrogen) atoms. The molecule has 1 aliphatic rings. The van der Waals surface area contributed by atoms with Crippen molar-refractivity contribution in [2.24, 2.45) is 11.3 Å². The molecule has 0 nitrogen and oxygen atoms in total. The van der Waals surface area contributed by atoms with Crippen LogP contribution in [-0.4, -0.2) is 0 Å². The van der Waals surface area contributed by atoms with E-state index in [4.69, 9.17) is 11.6 Å². The zero-order chi connectivity index (χ0) is 12.1. The Bertz CT molecular complexity index is 428. The molecule has 0 radical (unpaired) electrons. The maximum absolute atomic E-state index is 13.3. The molecular weight excluding hydrogens is 290 g/mol. The van der Waals surface area contributed by atoms with Crippen molar-refractivity contribution in [3.05, 3.63) is 34.1 Å². The third-order valence-corrected chi connectivity index (χ3v) is 4.98. The van der Waals surface area contributed by atoms with Crippen LogP contribution in [0.25, 0.3) is 0 Å². The highest BCUT2D eigenvalue weighted by molar-refractivity contribution is 9.09. The third-order valence-electron chi connectivity index (χ3n) is 3.52. The van der Waals surface area contributed by atoms with E-state index in [0.29, 0.717) is 21.9 Å². The van der Waals surface area contributed by atoms with E-state index in [1.807, 2.05) is 6.07 Å². The van der Waals surface area contributed by atoms with Crippen LogP contribution in [0.15, 0.2) is 12.1 Å². The SMILES string of the molecule is Cc1cc(C(Br)C2CC2(C)C)c(Cl)cc1F. The zero-order valence-electron chi connectivity index (χ0n) is 9.65. The summed E-state index contributed by atoms with van der Waals surface area (Å²) in [6, 6.07) is 3.27. The molecule has 3 heteroatoms. The second-order valence-electron chi connectivity index (χ2n) is 5.32. The third kappa shape index (κ3) is 2.14. The van der Waals surface area contributed by atoms with Gasteiger partial charge in [0, 0.05) is 9.85 Å². The van der Waals surface area contributed by atoms with Gasteiger partial charge in [-0.1, -0.05) is 47.4 Å². The minimum Gasteiger partial charge on any atom is -0.207 e. The lowest BCUT2D eigenvalue weighted by Crippen LogP contribution is -2.01. The normalized spacial score (nSPS) is 24.2. The van der Waals surface area contributed by atoms with Crippen molar-refractivity contribution in [2.75, 3.05) is 0 Å². The molecule has 1 aromatic rings. The predicted octanol–water partition coefficient (Wildman–Crippen LogP) is 5.27. The first-order chi connectivity index (χ1) is 7.33. The van der Waals surface area contributed by atoms with Crippen molar-refractivity contribution >= 4 is 27.5 Å². The lowest BCUT2D eigenvalue weighted by Gasteiger charge is -2.15. The maximum Gasteiger partial charge on any atom is 0.127 e. The average molecular weight is 306 g/mol. The van der Waals surface area contributed by atoms with E-state index in [1.165, 1.54) is 12.5 Å². The first-order valence-electron chi connectivity index (χ1n) is 5.42. The largest absolute Gasteiger partial charge is 0.207 e. The Labute approximate surface area is 109 Å². The van der Waals surface area contributed by atoms with Gasteiger partial charge in [-0.2, -0.15) is 0 Å². The van der Waals surface area contributed by atoms with Gasteiger partial charge in [0.05, 0.1) is 0 Å². The Morgan fingerprint density at radius 3 is 2.56 bits per heavy atom. The molecule has 0 heterocycles. The lowest BCUT2D eigenvalue weighted by molar-refractivity contribution is 0.554. The van der Waals surface area contributed by atoms with Crippen molar-refractivity contribution < 1.29 is 4.39 Å². The summed E-state index contributed by atoms with van der Waals surface area (Å²) in [6.45, 7) is 6.26. The molecule has 0 amide bonds. The summed E-state index contributed by atoms with van der Waals surface area (Å²) < 4.78 is 13.3. The Hall–Kier alpha value is -0.0800. The average Bonchev–Trinajstić information content (AvgIpc) is 2.80. The van der Waals surface area contributed by atoms with Gasteiger partial charge in [0.1, 0.15) is 5.82 Å². The molecule has 0 bridgehead atoms. The molecule has 2 atom stereocenters. The second-order valence-corrected chi connectivity index (χ2v) is 6.72. The molecular formula is C13H15BrClF. The standard InChI is InChI=1S/C13H15BrClF/c1-7-4-8(10(15)5-11(7)16)12(14)9-6-13(9,2)3/h4-5,9,12H,6H2,1-3H3. The van der Waals surface area contributed by atoms with E-state index >= 15 is 0 Å². The van der Waals surface area contributed by atoms with E-state index in [9.17, 15) is 4.39 Å². The van der Waals surface area contributed by atoms with Crippen molar-refractivity contribution in [1.82, 2.24) is 0 Å². The molecule has 0 aromatic heterocycles. The highest BCUT2D eigenvalue weighted by atomic mass is 79.9. The number of hydrogen-bond acceptors (Lipinski definition) is 0. The van der Waals surface area contributed by atoms with Gasteiger partial charge in [0.25, 0.3) is 0 Å². The van der Waals surface area contributed by atoms with Gasteiger partial charge >= 0.3 is 0 Å². The van der Waals surface area contributed by atoms with Crippen LogP contribution in [0.5, 0.6) is 0 Å². The maximum atomic E-state index is 13.3. The number of hydrogen-bond donors (Lipinski definition) is 0. The van der Waals surface area contributed by atoms with Gasteiger partial charge in [-0.05, 0) is 41.9 Å². The highest BCUT2D eigenvalue weighted by Crippen LogP contribution is 2.61. The van der Waals surface area contributed by atoms with Gasteiger partial charge in [0.2, 0.25) is 0 Å². The van der Waals surface area contributed by atoms with E-state index < -0.39 is 0 Å². The zero-order valence-corrected chi connectivity index (χ0v) is 12.0. The van der Waals surface area contributed by atoms with Crippen LogP contribution >= 0.6 is 27.5 Å². The molecule has 1 saturated carbocycles. The van der Waals surface area contributed by atoms with Gasteiger partial charge < -0.3 is 0 Å². The summed E-state index contributed by atoms with van der Waals surface area (Å²) in [5.74, 6) is 0.360. The number of rotatable bonds is 2. The number of aryl methyl sites for hydroxylation is 1. The quantitative estimate of drug-likeness (QED) is 0.653. The predicted molar refractivity (Wildman–Crippen MR) is 69.7 cm³/mol. The first-order valence-corrected chi connectivity index (χ1v) is 6.72. The lowest BCUT2D eigenvalue weighted by atomic mass is 10.0. The summed E-state index contributed by atoms with van der Waals surface area (Å²) in [6.07, 6.45) is 1.19. The molecule has 1 aromatic carbocycles. The number of halogens is 3. The fourth-order valence-electron chi connectivity index (χ4n) is 2.12. The molecule has 0 aliphatic heterocycles.